The molecule has 0 saturated carbocycles. The van der Waals surface area contributed by atoms with Gasteiger partial charge in [-0.3, -0.25) is 0 Å². The smallest absolute Gasteiger partial charge is 0.135 e. The number of hydrogen-bond acceptors (Lipinski definition) is 4. The largest absolute Gasteiger partial charge is 0.612 e. The number of rotatable bonds is 7. The van der Waals surface area contributed by atoms with E-state index in [1.165, 1.54) is 0 Å². The molecule has 0 N–H and O–H groups in total. The normalized spacial score (nSPS) is 12.2. The van der Waals surface area contributed by atoms with Crippen LogP contribution in [0.25, 0.3) is 6.08 Å². The third-order valence-corrected chi connectivity index (χ3v) is 4.95. The van der Waals surface area contributed by atoms with Gasteiger partial charge in [-0.2, -0.15) is 0 Å². The first kappa shape index (κ1) is 18.7. The van der Waals surface area contributed by atoms with Crippen molar-refractivity contribution in [3.05, 3.63) is 57.4 Å². The molecule has 6 heteroatoms. The molecular formula is C18H19BrO4S. The number of methoxy groups -OCH3 is 3. The Kier molecular flexibility index (Phi) is 7.02. The van der Waals surface area contributed by atoms with Crippen molar-refractivity contribution < 1.29 is 18.8 Å². The molecule has 1 atom stereocenters. The molecule has 2 rings (SSSR count). The second-order valence-corrected chi connectivity index (χ2v) is 7.14. The van der Waals surface area contributed by atoms with Gasteiger partial charge in [0.1, 0.15) is 28.4 Å². The summed E-state index contributed by atoms with van der Waals surface area (Å²) in [5.74, 6) is 2.29. The molecule has 0 spiro atoms. The van der Waals surface area contributed by atoms with Gasteiger partial charge in [0.2, 0.25) is 0 Å². The summed E-state index contributed by atoms with van der Waals surface area (Å²) in [6, 6.07) is 11.3. The van der Waals surface area contributed by atoms with Crippen LogP contribution in [0, 0.1) is 0 Å². The lowest BCUT2D eigenvalue weighted by Gasteiger charge is -2.12. The minimum atomic E-state index is -1.14. The number of benzene rings is 2. The van der Waals surface area contributed by atoms with Crippen molar-refractivity contribution in [2.24, 2.45) is 0 Å². The van der Waals surface area contributed by atoms with Crippen molar-refractivity contribution in [1.29, 1.82) is 0 Å². The molecule has 0 aromatic heterocycles. The highest BCUT2D eigenvalue weighted by molar-refractivity contribution is 9.10. The highest BCUT2D eigenvalue weighted by Gasteiger charge is 2.12. The number of hydrogen-bond donors (Lipinski definition) is 0. The summed E-state index contributed by atoms with van der Waals surface area (Å²) in [6.45, 7) is 0. The van der Waals surface area contributed by atoms with E-state index in [9.17, 15) is 4.55 Å². The molecule has 0 aliphatic heterocycles. The van der Waals surface area contributed by atoms with E-state index in [2.05, 4.69) is 15.9 Å². The second-order valence-electron chi connectivity index (χ2n) is 4.90. The fourth-order valence-corrected chi connectivity index (χ4v) is 3.30. The zero-order chi connectivity index (χ0) is 17.5. The Hall–Kier alpha value is -1.63. The quantitative estimate of drug-likeness (QED) is 0.634. The van der Waals surface area contributed by atoms with Crippen molar-refractivity contribution in [2.75, 3.05) is 21.3 Å². The fraction of sp³-hybridized carbons (Fsp3) is 0.222. The predicted molar refractivity (Wildman–Crippen MR) is 101 cm³/mol. The van der Waals surface area contributed by atoms with E-state index in [1.54, 1.807) is 44.9 Å². The fourth-order valence-electron chi connectivity index (χ4n) is 2.13. The summed E-state index contributed by atoms with van der Waals surface area (Å²) in [5.41, 5.74) is 1.74. The Morgan fingerprint density at radius 2 is 1.58 bits per heavy atom. The molecule has 128 valence electrons. The molecule has 2 aromatic carbocycles. The Balaban J connectivity index is 2.19. The van der Waals surface area contributed by atoms with Gasteiger partial charge in [-0.25, -0.2) is 0 Å². The number of ether oxygens (including phenoxy) is 3. The Morgan fingerprint density at radius 3 is 2.08 bits per heavy atom. The molecule has 0 amide bonds. The minimum Gasteiger partial charge on any atom is -0.612 e. The maximum atomic E-state index is 12.3. The van der Waals surface area contributed by atoms with Crippen LogP contribution in [0.1, 0.15) is 11.1 Å². The number of halogens is 1. The van der Waals surface area contributed by atoms with Crippen LogP contribution in [-0.2, 0) is 16.9 Å². The van der Waals surface area contributed by atoms with Gasteiger partial charge in [0.25, 0.3) is 0 Å². The molecule has 0 aliphatic carbocycles. The predicted octanol–water partition coefficient (Wildman–Crippen LogP) is 4.39. The van der Waals surface area contributed by atoms with Gasteiger partial charge in [-0.15, -0.1) is 0 Å². The van der Waals surface area contributed by atoms with Crippen molar-refractivity contribution in [1.82, 2.24) is 0 Å². The van der Waals surface area contributed by atoms with Gasteiger partial charge in [0, 0.05) is 28.2 Å². The molecule has 0 fully saturated rings. The summed E-state index contributed by atoms with van der Waals surface area (Å²) in [4.78, 5) is 0. The van der Waals surface area contributed by atoms with E-state index in [4.69, 9.17) is 14.2 Å². The maximum absolute atomic E-state index is 12.3. The van der Waals surface area contributed by atoms with Crippen molar-refractivity contribution in [3.63, 3.8) is 0 Å². The SMILES string of the molecule is COc1cc(OC)c(C=C[S+]([O-])Cc2ccc(Br)cc2)c(OC)c1. The lowest BCUT2D eigenvalue weighted by molar-refractivity contribution is 0.374. The molecule has 0 heterocycles. The Bertz CT molecular complexity index is 676. The van der Waals surface area contributed by atoms with Gasteiger partial charge < -0.3 is 18.8 Å². The molecule has 2 aromatic rings. The first-order valence-electron chi connectivity index (χ1n) is 7.17. The zero-order valence-electron chi connectivity index (χ0n) is 13.7. The summed E-state index contributed by atoms with van der Waals surface area (Å²) in [7, 11) is 4.73. The highest BCUT2D eigenvalue weighted by atomic mass is 79.9. The van der Waals surface area contributed by atoms with E-state index in [1.807, 2.05) is 24.3 Å². The van der Waals surface area contributed by atoms with Crippen LogP contribution in [0.15, 0.2) is 46.3 Å². The van der Waals surface area contributed by atoms with Gasteiger partial charge in [0.05, 0.1) is 26.9 Å². The summed E-state index contributed by atoms with van der Waals surface area (Å²) >= 11 is 2.24. The van der Waals surface area contributed by atoms with Crippen molar-refractivity contribution >= 4 is 33.2 Å². The lowest BCUT2D eigenvalue weighted by Crippen LogP contribution is -2.00. The molecule has 0 saturated heterocycles. The van der Waals surface area contributed by atoms with Crippen LogP contribution in [0.5, 0.6) is 17.2 Å². The third-order valence-electron chi connectivity index (χ3n) is 3.36. The molecule has 0 radical (unpaired) electrons. The third kappa shape index (κ3) is 4.93. The molecule has 4 nitrogen and oxygen atoms in total. The van der Waals surface area contributed by atoms with Crippen molar-refractivity contribution in [2.45, 2.75) is 5.75 Å². The summed E-state index contributed by atoms with van der Waals surface area (Å²) in [5, 5.41) is 1.65. The summed E-state index contributed by atoms with van der Waals surface area (Å²) < 4.78 is 29.3. The van der Waals surface area contributed by atoms with Gasteiger partial charge in [-0.1, -0.05) is 28.1 Å². The van der Waals surface area contributed by atoms with E-state index in [-0.39, 0.29) is 0 Å². The van der Waals surface area contributed by atoms with E-state index < -0.39 is 11.2 Å². The first-order valence-corrected chi connectivity index (χ1v) is 9.34. The monoisotopic (exact) mass is 410 g/mol. The topological polar surface area (TPSA) is 50.8 Å². The van der Waals surface area contributed by atoms with E-state index in [0.717, 1.165) is 15.6 Å². The van der Waals surface area contributed by atoms with Gasteiger partial charge in [-0.05, 0) is 23.3 Å². The average Bonchev–Trinajstić information content (AvgIpc) is 2.61. The Labute approximate surface area is 153 Å². The first-order chi connectivity index (χ1) is 11.6. The molecule has 0 bridgehead atoms. The standard InChI is InChI=1S/C18H19BrO4S/c1-21-15-10-17(22-2)16(18(11-15)23-3)8-9-24(20)12-13-4-6-14(19)7-5-13/h4-11H,12H2,1-3H3. The van der Waals surface area contributed by atoms with Crippen LogP contribution in [0.4, 0.5) is 0 Å². The lowest BCUT2D eigenvalue weighted by atomic mass is 10.1. The van der Waals surface area contributed by atoms with Crippen LogP contribution in [0.3, 0.4) is 0 Å². The Morgan fingerprint density at radius 1 is 1.00 bits per heavy atom. The van der Waals surface area contributed by atoms with Gasteiger partial charge in [0.15, 0.2) is 0 Å². The average molecular weight is 411 g/mol. The zero-order valence-corrected chi connectivity index (χ0v) is 16.1. The molecular weight excluding hydrogens is 392 g/mol. The molecule has 0 aliphatic rings. The van der Waals surface area contributed by atoms with Gasteiger partial charge >= 0.3 is 0 Å². The maximum Gasteiger partial charge on any atom is 0.135 e. The van der Waals surface area contributed by atoms with Crippen LogP contribution >= 0.6 is 15.9 Å². The summed E-state index contributed by atoms with van der Waals surface area (Å²) in [6.07, 6.45) is 1.76. The second kappa shape index (κ2) is 9.01. The van der Waals surface area contributed by atoms with E-state index >= 15 is 0 Å². The van der Waals surface area contributed by atoms with Crippen LogP contribution in [-0.4, -0.2) is 25.9 Å². The van der Waals surface area contributed by atoms with E-state index in [0.29, 0.717) is 23.0 Å². The minimum absolute atomic E-state index is 0.449. The van der Waals surface area contributed by atoms with Crippen molar-refractivity contribution in [3.8, 4) is 17.2 Å². The van der Waals surface area contributed by atoms with Crippen LogP contribution in [0.2, 0.25) is 0 Å². The highest BCUT2D eigenvalue weighted by Crippen LogP contribution is 2.35. The molecule has 24 heavy (non-hydrogen) atoms. The molecule has 1 unspecified atom stereocenters. The van der Waals surface area contributed by atoms with Crippen LogP contribution < -0.4 is 14.2 Å².